The van der Waals surface area contributed by atoms with Crippen LogP contribution in [-0.4, -0.2) is 25.5 Å². The number of benzene rings is 3. The molecule has 0 saturated carbocycles. The van der Waals surface area contributed by atoms with Crippen molar-refractivity contribution in [1.82, 2.24) is 0 Å². The number of halogens is 2. The first-order chi connectivity index (χ1) is 15.5. The summed E-state index contributed by atoms with van der Waals surface area (Å²) >= 11 is 13.0. The lowest BCUT2D eigenvalue weighted by molar-refractivity contribution is 0.0970. The first-order valence-electron chi connectivity index (χ1n) is 10.5. The molecule has 0 aliphatic rings. The van der Waals surface area contributed by atoms with Gasteiger partial charge in [0, 0.05) is 21.5 Å². The van der Waals surface area contributed by atoms with Gasteiger partial charge in [0.05, 0.1) is 23.3 Å². The van der Waals surface area contributed by atoms with Gasteiger partial charge in [-0.1, -0.05) is 74.2 Å². The van der Waals surface area contributed by atoms with Crippen molar-refractivity contribution in [2.45, 2.75) is 39.5 Å². The van der Waals surface area contributed by atoms with Gasteiger partial charge < -0.3 is 18.9 Å². The zero-order valence-corrected chi connectivity index (χ0v) is 19.4. The summed E-state index contributed by atoms with van der Waals surface area (Å²) in [5.74, 6) is 0.354. The molecule has 0 aromatic heterocycles. The average molecular weight is 479 g/mol. The fourth-order valence-corrected chi connectivity index (χ4v) is 3.67. The molecule has 0 saturated heterocycles. The van der Waals surface area contributed by atoms with Crippen LogP contribution >= 0.6 is 23.2 Å². The van der Waals surface area contributed by atoms with Crippen LogP contribution in [0.2, 0.25) is 10.0 Å². The van der Waals surface area contributed by atoms with E-state index in [-0.39, 0.29) is 34.8 Å². The van der Waals surface area contributed by atoms with Crippen LogP contribution in [0.3, 0.4) is 0 Å². The molecule has 0 heterocycles. The summed E-state index contributed by atoms with van der Waals surface area (Å²) in [5, 5.41) is 2.23. The molecule has 8 heteroatoms. The minimum atomic E-state index is -0.853. The third-order valence-corrected chi connectivity index (χ3v) is 5.41. The van der Waals surface area contributed by atoms with E-state index in [0.717, 1.165) is 25.7 Å². The largest absolute Gasteiger partial charge is 0.513 e. The van der Waals surface area contributed by atoms with E-state index in [0.29, 0.717) is 21.5 Å². The summed E-state index contributed by atoms with van der Waals surface area (Å²) in [7, 11) is 0. The monoisotopic (exact) mass is 478 g/mol. The molecule has 3 aromatic carbocycles. The van der Waals surface area contributed by atoms with Crippen LogP contribution in [0.1, 0.15) is 39.5 Å². The molecular formula is C24H24Cl2O6. The molecule has 3 rings (SSSR count). The van der Waals surface area contributed by atoms with Crippen molar-refractivity contribution in [3.05, 3.63) is 46.4 Å². The number of rotatable bonds is 8. The van der Waals surface area contributed by atoms with Crippen LogP contribution in [0.4, 0.5) is 9.59 Å². The van der Waals surface area contributed by atoms with Gasteiger partial charge in [0.1, 0.15) is 0 Å². The Morgan fingerprint density at radius 1 is 0.719 bits per heavy atom. The maximum absolute atomic E-state index is 12.4. The van der Waals surface area contributed by atoms with Crippen molar-refractivity contribution >= 4 is 57.1 Å². The van der Waals surface area contributed by atoms with E-state index < -0.39 is 12.3 Å². The molecule has 6 nitrogen and oxygen atoms in total. The molecule has 0 bridgehead atoms. The number of hydrogen-bond acceptors (Lipinski definition) is 6. The summed E-state index contributed by atoms with van der Waals surface area (Å²) in [6, 6.07) is 10.2. The van der Waals surface area contributed by atoms with Gasteiger partial charge in [-0.2, -0.15) is 0 Å². The Labute approximate surface area is 196 Å². The summed E-state index contributed by atoms with van der Waals surface area (Å²) in [5.41, 5.74) is 0. The molecule has 0 amide bonds. The van der Waals surface area contributed by atoms with Crippen molar-refractivity contribution in [3.63, 3.8) is 0 Å². The van der Waals surface area contributed by atoms with E-state index in [4.69, 9.17) is 42.1 Å². The molecule has 0 unspecified atom stereocenters. The number of unbranched alkanes of at least 4 members (excludes halogenated alkanes) is 2. The average Bonchev–Trinajstić information content (AvgIpc) is 2.78. The Bertz CT molecular complexity index is 1040. The predicted octanol–water partition coefficient (Wildman–Crippen LogP) is 7.93. The number of fused-ring (bicyclic) bond motifs is 2. The van der Waals surface area contributed by atoms with Crippen LogP contribution in [-0.2, 0) is 9.47 Å². The zero-order chi connectivity index (χ0) is 23.1. The Balaban J connectivity index is 2.15. The van der Waals surface area contributed by atoms with Crippen molar-refractivity contribution in [1.29, 1.82) is 0 Å². The highest BCUT2D eigenvalue weighted by Gasteiger charge is 2.24. The Morgan fingerprint density at radius 3 is 1.50 bits per heavy atom. The van der Waals surface area contributed by atoms with Crippen LogP contribution in [0.5, 0.6) is 11.5 Å². The van der Waals surface area contributed by atoms with Crippen molar-refractivity contribution < 1.29 is 28.5 Å². The molecule has 0 atom stereocenters. The van der Waals surface area contributed by atoms with Gasteiger partial charge in [-0.25, -0.2) is 9.59 Å². The van der Waals surface area contributed by atoms with Crippen LogP contribution in [0, 0.1) is 0 Å². The third-order valence-electron chi connectivity index (χ3n) is 4.78. The summed E-state index contributed by atoms with van der Waals surface area (Å²) in [6.45, 7) is 4.46. The molecule has 32 heavy (non-hydrogen) atoms. The minimum Gasteiger partial charge on any atom is -0.434 e. The third kappa shape index (κ3) is 5.37. The van der Waals surface area contributed by atoms with Crippen LogP contribution in [0.15, 0.2) is 36.4 Å². The lowest BCUT2D eigenvalue weighted by Crippen LogP contribution is -2.14. The Morgan fingerprint density at radius 2 is 1.12 bits per heavy atom. The maximum Gasteiger partial charge on any atom is 0.513 e. The summed E-state index contributed by atoms with van der Waals surface area (Å²) in [6.07, 6.45) is 1.48. The van der Waals surface area contributed by atoms with Crippen molar-refractivity contribution in [3.8, 4) is 11.5 Å². The highest BCUT2D eigenvalue weighted by molar-refractivity contribution is 6.42. The molecule has 0 aliphatic heterocycles. The number of ether oxygens (including phenoxy) is 4. The number of hydrogen-bond donors (Lipinski definition) is 0. The van der Waals surface area contributed by atoms with Gasteiger partial charge in [-0.15, -0.1) is 0 Å². The predicted molar refractivity (Wildman–Crippen MR) is 125 cm³/mol. The van der Waals surface area contributed by atoms with Gasteiger partial charge in [-0.3, -0.25) is 0 Å². The zero-order valence-electron chi connectivity index (χ0n) is 17.9. The van der Waals surface area contributed by atoms with E-state index in [9.17, 15) is 9.59 Å². The first kappa shape index (κ1) is 24.0. The lowest BCUT2D eigenvalue weighted by atomic mass is 10.0. The Hall–Kier alpha value is -2.70. The van der Waals surface area contributed by atoms with Crippen LogP contribution < -0.4 is 9.47 Å². The minimum absolute atomic E-state index is 0.177. The highest BCUT2D eigenvalue weighted by Crippen LogP contribution is 2.48. The SMILES string of the molecule is CCCCOC(=O)Oc1c2ccccc2c(OC(=O)OCCCC)c2c(Cl)ccc(Cl)c12. The lowest BCUT2D eigenvalue weighted by Gasteiger charge is -2.17. The fourth-order valence-electron chi connectivity index (χ4n) is 3.18. The molecule has 170 valence electrons. The Kier molecular flexibility index (Phi) is 8.42. The maximum atomic E-state index is 12.4. The summed E-state index contributed by atoms with van der Waals surface area (Å²) < 4.78 is 21.5. The quantitative estimate of drug-likeness (QED) is 0.141. The fraction of sp³-hybridized carbons (Fsp3) is 0.333. The second-order valence-electron chi connectivity index (χ2n) is 7.09. The topological polar surface area (TPSA) is 71.1 Å². The molecular weight excluding hydrogens is 455 g/mol. The second kappa shape index (κ2) is 11.2. The first-order valence-corrected chi connectivity index (χ1v) is 11.2. The molecule has 0 N–H and O–H groups in total. The van der Waals surface area contributed by atoms with E-state index in [1.807, 2.05) is 13.8 Å². The number of carbonyl (C=O) groups excluding carboxylic acids is 2. The van der Waals surface area contributed by atoms with Gasteiger partial charge in [0.25, 0.3) is 0 Å². The van der Waals surface area contributed by atoms with Crippen LogP contribution in [0.25, 0.3) is 21.5 Å². The van der Waals surface area contributed by atoms with E-state index in [2.05, 4.69) is 0 Å². The van der Waals surface area contributed by atoms with Gasteiger partial charge in [-0.05, 0) is 25.0 Å². The van der Waals surface area contributed by atoms with Crippen molar-refractivity contribution in [2.24, 2.45) is 0 Å². The van der Waals surface area contributed by atoms with E-state index in [1.165, 1.54) is 0 Å². The van der Waals surface area contributed by atoms with Gasteiger partial charge in [0.2, 0.25) is 0 Å². The van der Waals surface area contributed by atoms with E-state index in [1.54, 1.807) is 36.4 Å². The molecule has 0 radical (unpaired) electrons. The molecule has 0 aliphatic carbocycles. The second-order valence-corrected chi connectivity index (χ2v) is 7.91. The smallest absolute Gasteiger partial charge is 0.434 e. The molecule has 3 aromatic rings. The van der Waals surface area contributed by atoms with Gasteiger partial charge in [0.15, 0.2) is 11.5 Å². The molecule has 0 spiro atoms. The standard InChI is InChI=1S/C24H24Cl2O6/c1-3-5-13-29-23(27)31-21-15-9-7-8-10-16(15)22(32-24(28)30-14-6-4-2)20-18(26)12-11-17(25)19(20)21/h7-12H,3-6,13-14H2,1-2H3. The normalized spacial score (nSPS) is 10.9. The summed E-state index contributed by atoms with van der Waals surface area (Å²) in [4.78, 5) is 24.7. The van der Waals surface area contributed by atoms with E-state index >= 15 is 0 Å². The number of carbonyl (C=O) groups is 2. The van der Waals surface area contributed by atoms with Gasteiger partial charge >= 0.3 is 12.3 Å². The highest BCUT2D eigenvalue weighted by atomic mass is 35.5. The van der Waals surface area contributed by atoms with Crippen molar-refractivity contribution in [2.75, 3.05) is 13.2 Å². The molecule has 0 fully saturated rings.